The molecule has 0 spiro atoms. The van der Waals surface area contributed by atoms with Crippen molar-refractivity contribution in [3.63, 3.8) is 0 Å². The third-order valence-corrected chi connectivity index (χ3v) is 5.80. The Morgan fingerprint density at radius 1 is 1.30 bits per heavy atom. The van der Waals surface area contributed by atoms with Crippen LogP contribution in [0.5, 0.6) is 0 Å². The number of aryl methyl sites for hydroxylation is 2. The van der Waals surface area contributed by atoms with Crippen LogP contribution in [-0.4, -0.2) is 33.0 Å². The highest BCUT2D eigenvalue weighted by molar-refractivity contribution is 7.99. The van der Waals surface area contributed by atoms with Crippen molar-refractivity contribution in [1.82, 2.24) is 10.0 Å². The molecule has 0 aliphatic rings. The lowest BCUT2D eigenvalue weighted by Gasteiger charge is -2.14. The van der Waals surface area contributed by atoms with Crippen LogP contribution in [0.25, 0.3) is 0 Å². The zero-order chi connectivity index (χ0) is 15.3. The maximum atomic E-state index is 12.5. The van der Waals surface area contributed by atoms with Crippen LogP contribution >= 0.6 is 11.8 Å². The maximum Gasteiger partial charge on any atom is 0.244 e. The van der Waals surface area contributed by atoms with Crippen molar-refractivity contribution in [2.24, 2.45) is 0 Å². The fourth-order valence-electron chi connectivity index (χ4n) is 2.10. The molecule has 1 atom stereocenters. The van der Waals surface area contributed by atoms with Crippen molar-refractivity contribution >= 4 is 21.8 Å². The van der Waals surface area contributed by atoms with E-state index in [1.54, 1.807) is 32.7 Å². The second-order valence-electron chi connectivity index (χ2n) is 4.73. The molecular formula is C13H24N2O3S2. The quantitative estimate of drug-likeness (QED) is 0.767. The van der Waals surface area contributed by atoms with Gasteiger partial charge in [-0.25, -0.2) is 13.1 Å². The second-order valence-corrected chi connectivity index (χ2v) is 7.70. The van der Waals surface area contributed by atoms with Crippen molar-refractivity contribution in [1.29, 1.82) is 0 Å². The predicted octanol–water partition coefficient (Wildman–Crippen LogP) is 2.04. The number of nitrogens with one attached hydrogen (secondary N) is 2. The second kappa shape index (κ2) is 7.49. The summed E-state index contributed by atoms with van der Waals surface area (Å²) in [5.74, 6) is 2.82. The van der Waals surface area contributed by atoms with Gasteiger partial charge in [-0.3, -0.25) is 0 Å². The highest BCUT2D eigenvalue weighted by atomic mass is 32.2. The Hall–Kier alpha value is -0.500. The molecule has 1 aromatic rings. The van der Waals surface area contributed by atoms with E-state index in [0.29, 0.717) is 23.6 Å². The summed E-state index contributed by atoms with van der Waals surface area (Å²) in [5.41, 5.74) is 0.702. The zero-order valence-electron chi connectivity index (χ0n) is 12.7. The third-order valence-electron chi connectivity index (χ3n) is 2.88. The Labute approximate surface area is 125 Å². The topological polar surface area (TPSA) is 71.3 Å². The van der Waals surface area contributed by atoms with Crippen molar-refractivity contribution in [3.8, 4) is 0 Å². The van der Waals surface area contributed by atoms with Crippen LogP contribution in [0.15, 0.2) is 9.31 Å². The summed E-state index contributed by atoms with van der Waals surface area (Å²) >= 11 is 1.71. The van der Waals surface area contributed by atoms with E-state index in [2.05, 4.69) is 17.0 Å². The number of furan rings is 1. The van der Waals surface area contributed by atoms with E-state index in [9.17, 15) is 8.42 Å². The molecule has 0 aliphatic carbocycles. The minimum atomic E-state index is -3.55. The molecule has 20 heavy (non-hydrogen) atoms. The van der Waals surface area contributed by atoms with Gasteiger partial charge in [0.1, 0.15) is 16.4 Å². The van der Waals surface area contributed by atoms with Crippen LogP contribution in [-0.2, 0) is 16.6 Å². The number of hydrogen-bond acceptors (Lipinski definition) is 5. The molecule has 0 saturated carbocycles. The molecule has 7 heteroatoms. The van der Waals surface area contributed by atoms with E-state index in [1.165, 1.54) is 0 Å². The van der Waals surface area contributed by atoms with E-state index < -0.39 is 10.0 Å². The Bertz CT molecular complexity index is 538. The Morgan fingerprint density at radius 3 is 2.50 bits per heavy atom. The van der Waals surface area contributed by atoms with Gasteiger partial charge in [-0.05, 0) is 33.6 Å². The molecule has 0 saturated heterocycles. The number of rotatable bonds is 8. The molecule has 5 nitrogen and oxygen atoms in total. The Morgan fingerprint density at radius 2 is 1.95 bits per heavy atom. The van der Waals surface area contributed by atoms with Crippen molar-refractivity contribution in [2.45, 2.75) is 45.2 Å². The van der Waals surface area contributed by atoms with Crippen LogP contribution in [0.1, 0.15) is 30.9 Å². The van der Waals surface area contributed by atoms with Gasteiger partial charge in [-0.15, -0.1) is 0 Å². The van der Waals surface area contributed by atoms with E-state index in [-0.39, 0.29) is 10.9 Å². The summed E-state index contributed by atoms with van der Waals surface area (Å²) in [5, 5.41) is 2.98. The fraction of sp³-hybridized carbons (Fsp3) is 0.692. The molecule has 0 aliphatic heterocycles. The number of sulfonamides is 1. The minimum absolute atomic E-state index is 0.109. The van der Waals surface area contributed by atoms with Gasteiger partial charge in [-0.1, -0.05) is 6.92 Å². The molecule has 1 unspecified atom stereocenters. The van der Waals surface area contributed by atoms with Gasteiger partial charge in [0, 0.05) is 23.9 Å². The number of hydrogen-bond donors (Lipinski definition) is 2. The number of thioether (sulfide) groups is 1. The van der Waals surface area contributed by atoms with E-state index in [0.717, 1.165) is 11.5 Å². The van der Waals surface area contributed by atoms with Gasteiger partial charge in [0.2, 0.25) is 10.0 Å². The van der Waals surface area contributed by atoms with Gasteiger partial charge in [-0.2, -0.15) is 11.8 Å². The van der Waals surface area contributed by atoms with Crippen molar-refractivity contribution < 1.29 is 12.8 Å². The van der Waals surface area contributed by atoms with E-state index in [4.69, 9.17) is 4.42 Å². The Kier molecular flexibility index (Phi) is 6.57. The van der Waals surface area contributed by atoms with Crippen LogP contribution in [0.3, 0.4) is 0 Å². The first-order chi connectivity index (χ1) is 9.33. The van der Waals surface area contributed by atoms with Gasteiger partial charge < -0.3 is 9.73 Å². The summed E-state index contributed by atoms with van der Waals surface area (Å²) in [6.07, 6.45) is 0. The highest BCUT2D eigenvalue weighted by Crippen LogP contribution is 2.26. The molecule has 0 radical (unpaired) electrons. The molecule has 1 aromatic heterocycles. The van der Waals surface area contributed by atoms with Crippen molar-refractivity contribution in [3.05, 3.63) is 17.1 Å². The standard InChI is InChI=1S/C13H24N2O3S2/c1-6-19-8-9(2)15-20(16,17)13-11(4)18-10(3)12(13)7-14-5/h9,14-15H,6-8H2,1-5H3. The molecule has 0 amide bonds. The van der Waals surface area contributed by atoms with E-state index in [1.807, 2.05) is 6.92 Å². The molecular weight excluding hydrogens is 296 g/mol. The summed E-state index contributed by atoms with van der Waals surface area (Å²) in [6, 6.07) is -0.109. The summed E-state index contributed by atoms with van der Waals surface area (Å²) < 4.78 is 33.3. The van der Waals surface area contributed by atoms with E-state index >= 15 is 0 Å². The molecule has 116 valence electrons. The average molecular weight is 320 g/mol. The lowest BCUT2D eigenvalue weighted by Crippen LogP contribution is -2.35. The first-order valence-electron chi connectivity index (χ1n) is 6.67. The minimum Gasteiger partial charge on any atom is -0.465 e. The SMILES string of the molecule is CCSCC(C)NS(=O)(=O)c1c(C)oc(C)c1CNC. The highest BCUT2D eigenvalue weighted by Gasteiger charge is 2.27. The lowest BCUT2D eigenvalue weighted by molar-refractivity contribution is 0.493. The zero-order valence-corrected chi connectivity index (χ0v) is 14.4. The third kappa shape index (κ3) is 4.25. The average Bonchev–Trinajstić information content (AvgIpc) is 2.62. The summed E-state index contributed by atoms with van der Waals surface area (Å²) in [6.45, 7) is 7.87. The smallest absolute Gasteiger partial charge is 0.244 e. The van der Waals surface area contributed by atoms with Crippen molar-refractivity contribution in [2.75, 3.05) is 18.6 Å². The van der Waals surface area contributed by atoms with Crippen LogP contribution < -0.4 is 10.0 Å². The fourth-order valence-corrected chi connectivity index (χ4v) is 4.56. The molecule has 0 fully saturated rings. The van der Waals surface area contributed by atoms with Crippen LogP contribution in [0.2, 0.25) is 0 Å². The molecule has 0 aromatic carbocycles. The normalized spacial score (nSPS) is 13.7. The maximum absolute atomic E-state index is 12.5. The molecule has 1 rings (SSSR count). The van der Waals surface area contributed by atoms with Crippen LogP contribution in [0.4, 0.5) is 0 Å². The first kappa shape index (κ1) is 17.6. The molecule has 2 N–H and O–H groups in total. The largest absolute Gasteiger partial charge is 0.465 e. The van der Waals surface area contributed by atoms with Gasteiger partial charge in [0.25, 0.3) is 0 Å². The summed E-state index contributed by atoms with van der Waals surface area (Å²) in [7, 11) is -1.77. The van der Waals surface area contributed by atoms with Gasteiger partial charge in [0.15, 0.2) is 0 Å². The van der Waals surface area contributed by atoms with Gasteiger partial charge >= 0.3 is 0 Å². The molecule has 0 bridgehead atoms. The monoisotopic (exact) mass is 320 g/mol. The molecule has 1 heterocycles. The Balaban J connectivity index is 3.03. The predicted molar refractivity (Wildman–Crippen MR) is 83.7 cm³/mol. The van der Waals surface area contributed by atoms with Crippen LogP contribution in [0, 0.1) is 13.8 Å². The summed E-state index contributed by atoms with van der Waals surface area (Å²) in [4.78, 5) is 0.276. The van der Waals surface area contributed by atoms with Gasteiger partial charge in [0.05, 0.1) is 0 Å². The lowest BCUT2D eigenvalue weighted by atomic mass is 10.2. The first-order valence-corrected chi connectivity index (χ1v) is 9.30.